The van der Waals surface area contributed by atoms with E-state index in [2.05, 4.69) is 26.5 Å². The lowest BCUT2D eigenvalue weighted by molar-refractivity contribution is 0.249. The Labute approximate surface area is 106 Å². The van der Waals surface area contributed by atoms with Crippen molar-refractivity contribution in [2.45, 2.75) is 0 Å². The Bertz CT molecular complexity index is 437. The van der Waals surface area contributed by atoms with Crippen molar-refractivity contribution < 1.29 is 9.53 Å². The Hall–Kier alpha value is -1.27. The molecule has 5 nitrogen and oxygen atoms in total. The minimum atomic E-state index is -0.740. The zero-order valence-electron chi connectivity index (χ0n) is 8.33. The minimum Gasteiger partial charge on any atom is -0.495 e. The van der Waals surface area contributed by atoms with Gasteiger partial charge in [0.15, 0.2) is 0 Å². The summed E-state index contributed by atoms with van der Waals surface area (Å²) in [5, 5.41) is 4.14. The first-order valence-corrected chi connectivity index (χ1v) is 5.33. The normalized spacial score (nSPS) is 10.4. The largest absolute Gasteiger partial charge is 0.495 e. The highest BCUT2D eigenvalue weighted by Gasteiger charge is 2.07. The average molecular weight is 307 g/mol. The van der Waals surface area contributed by atoms with Crippen LogP contribution in [0.3, 0.4) is 0 Å². The molecule has 3 N–H and O–H groups in total. The molecule has 0 saturated heterocycles. The number of urea groups is 1. The molecule has 1 aromatic rings. The first kappa shape index (κ1) is 12.8. The molecule has 0 unspecified atom stereocenters. The summed E-state index contributed by atoms with van der Waals surface area (Å²) in [6.07, 6.45) is 1.39. The number of benzene rings is 1. The third-order valence-electron chi connectivity index (χ3n) is 1.62. The Kier molecular flexibility index (Phi) is 4.57. The Balaban J connectivity index is 3.02. The van der Waals surface area contributed by atoms with Crippen molar-refractivity contribution in [3.05, 3.63) is 27.2 Å². The number of amides is 2. The van der Waals surface area contributed by atoms with Gasteiger partial charge in [0.1, 0.15) is 5.75 Å². The van der Waals surface area contributed by atoms with E-state index in [-0.39, 0.29) is 0 Å². The summed E-state index contributed by atoms with van der Waals surface area (Å²) in [5.74, 6) is 0.569. The second-order valence-electron chi connectivity index (χ2n) is 2.74. The van der Waals surface area contributed by atoms with Crippen molar-refractivity contribution >= 4 is 39.8 Å². The summed E-state index contributed by atoms with van der Waals surface area (Å²) >= 11 is 9.16. The van der Waals surface area contributed by atoms with Gasteiger partial charge in [-0.15, -0.1) is 0 Å². The molecule has 0 aliphatic carbocycles. The molecule has 0 aromatic heterocycles. The molecule has 1 aromatic carbocycles. The van der Waals surface area contributed by atoms with Crippen LogP contribution < -0.4 is 15.9 Å². The molecule has 2 amide bonds. The number of halogens is 2. The number of carbonyl (C=O) groups is 1. The van der Waals surface area contributed by atoms with Gasteiger partial charge >= 0.3 is 6.03 Å². The molecule has 0 atom stereocenters. The van der Waals surface area contributed by atoms with Crippen LogP contribution in [0.4, 0.5) is 4.79 Å². The Morgan fingerprint density at radius 1 is 1.69 bits per heavy atom. The third-order valence-corrected chi connectivity index (χ3v) is 2.43. The fourth-order valence-electron chi connectivity index (χ4n) is 1.06. The molecule has 0 aliphatic heterocycles. The number of carbonyl (C=O) groups excluding carboxylic acids is 1. The smallest absolute Gasteiger partial charge is 0.332 e. The lowest BCUT2D eigenvalue weighted by Crippen LogP contribution is -2.24. The molecule has 7 heteroatoms. The summed E-state index contributed by atoms with van der Waals surface area (Å²) in [6.45, 7) is 0. The van der Waals surface area contributed by atoms with E-state index in [1.54, 1.807) is 12.1 Å². The summed E-state index contributed by atoms with van der Waals surface area (Å²) < 4.78 is 5.85. The van der Waals surface area contributed by atoms with Crippen molar-refractivity contribution in [3.63, 3.8) is 0 Å². The number of primary amides is 1. The fraction of sp³-hybridized carbons (Fsp3) is 0.111. The van der Waals surface area contributed by atoms with Crippen molar-refractivity contribution in [1.82, 2.24) is 5.43 Å². The molecule has 86 valence electrons. The van der Waals surface area contributed by atoms with Gasteiger partial charge in [-0.3, -0.25) is 0 Å². The molecule has 1 rings (SSSR count). The van der Waals surface area contributed by atoms with E-state index in [1.807, 2.05) is 0 Å². The van der Waals surface area contributed by atoms with Crippen LogP contribution in [0.1, 0.15) is 5.56 Å². The van der Waals surface area contributed by atoms with Gasteiger partial charge in [0.2, 0.25) is 0 Å². The molecular formula is C9H9BrClN3O2. The second-order valence-corrected chi connectivity index (χ2v) is 4.04. The van der Waals surface area contributed by atoms with Crippen LogP contribution in [-0.2, 0) is 0 Å². The molecule has 0 bridgehead atoms. The minimum absolute atomic E-state index is 0.521. The molecular weight excluding hydrogens is 297 g/mol. The zero-order valence-corrected chi connectivity index (χ0v) is 10.7. The average Bonchev–Trinajstić information content (AvgIpc) is 2.16. The lowest BCUT2D eigenvalue weighted by atomic mass is 10.2. The summed E-state index contributed by atoms with van der Waals surface area (Å²) in [5.41, 5.74) is 7.56. The van der Waals surface area contributed by atoms with Gasteiger partial charge in [0.05, 0.1) is 17.8 Å². The SMILES string of the molecule is COc1c(Br)cc(Cl)cc1C=NNC(N)=O. The standard InChI is InChI=1S/C9H9BrClN3O2/c1-16-8-5(4-13-14-9(12)15)2-6(11)3-7(8)10/h2-4H,1H3,(H3,12,14,15). The maximum atomic E-state index is 10.4. The number of hydrogen-bond acceptors (Lipinski definition) is 3. The fourth-order valence-corrected chi connectivity index (χ4v) is 2.05. The zero-order chi connectivity index (χ0) is 12.1. The van der Waals surface area contributed by atoms with Crippen LogP contribution in [0.25, 0.3) is 0 Å². The first-order valence-electron chi connectivity index (χ1n) is 4.16. The highest BCUT2D eigenvalue weighted by molar-refractivity contribution is 9.10. The van der Waals surface area contributed by atoms with Crippen LogP contribution >= 0.6 is 27.5 Å². The quantitative estimate of drug-likeness (QED) is 0.663. The summed E-state index contributed by atoms with van der Waals surface area (Å²) in [4.78, 5) is 10.4. The summed E-state index contributed by atoms with van der Waals surface area (Å²) in [6, 6.07) is 2.60. The van der Waals surface area contributed by atoms with E-state index in [4.69, 9.17) is 22.1 Å². The number of methoxy groups -OCH3 is 1. The molecule has 0 radical (unpaired) electrons. The van der Waals surface area contributed by atoms with E-state index in [0.717, 1.165) is 0 Å². The van der Waals surface area contributed by atoms with Crippen molar-refractivity contribution in [3.8, 4) is 5.75 Å². The van der Waals surface area contributed by atoms with Gasteiger partial charge in [-0.05, 0) is 28.1 Å². The number of rotatable bonds is 3. The van der Waals surface area contributed by atoms with Gasteiger partial charge < -0.3 is 10.5 Å². The maximum absolute atomic E-state index is 10.4. The Morgan fingerprint density at radius 3 is 2.94 bits per heavy atom. The van der Waals surface area contributed by atoms with E-state index in [9.17, 15) is 4.79 Å². The van der Waals surface area contributed by atoms with Gasteiger partial charge in [-0.2, -0.15) is 5.10 Å². The molecule has 0 spiro atoms. The number of hydrazone groups is 1. The number of nitrogens with two attached hydrogens (primary N) is 1. The molecule has 16 heavy (non-hydrogen) atoms. The van der Waals surface area contributed by atoms with E-state index in [1.165, 1.54) is 13.3 Å². The highest BCUT2D eigenvalue weighted by Crippen LogP contribution is 2.31. The first-order chi connectivity index (χ1) is 7.54. The van der Waals surface area contributed by atoms with E-state index in [0.29, 0.717) is 20.8 Å². The van der Waals surface area contributed by atoms with Crippen LogP contribution in [0.2, 0.25) is 5.02 Å². The molecule has 0 heterocycles. The van der Waals surface area contributed by atoms with Crippen molar-refractivity contribution in [1.29, 1.82) is 0 Å². The Morgan fingerprint density at radius 2 is 2.38 bits per heavy atom. The summed E-state index contributed by atoms with van der Waals surface area (Å²) in [7, 11) is 1.52. The third kappa shape index (κ3) is 3.39. The van der Waals surface area contributed by atoms with Crippen LogP contribution in [0.15, 0.2) is 21.7 Å². The van der Waals surface area contributed by atoms with Crippen LogP contribution in [-0.4, -0.2) is 19.4 Å². The number of nitrogens with zero attached hydrogens (tertiary/aromatic N) is 1. The number of ether oxygens (including phenoxy) is 1. The van der Waals surface area contributed by atoms with E-state index < -0.39 is 6.03 Å². The molecule has 0 fully saturated rings. The topological polar surface area (TPSA) is 76.7 Å². The molecule has 0 saturated carbocycles. The monoisotopic (exact) mass is 305 g/mol. The number of nitrogens with one attached hydrogen (secondary N) is 1. The maximum Gasteiger partial charge on any atom is 0.332 e. The predicted molar refractivity (Wildman–Crippen MR) is 66.0 cm³/mol. The van der Waals surface area contributed by atoms with Crippen LogP contribution in [0.5, 0.6) is 5.75 Å². The highest BCUT2D eigenvalue weighted by atomic mass is 79.9. The van der Waals surface area contributed by atoms with Gasteiger partial charge in [-0.25, -0.2) is 10.2 Å². The van der Waals surface area contributed by atoms with Gasteiger partial charge in [-0.1, -0.05) is 11.6 Å². The van der Waals surface area contributed by atoms with Gasteiger partial charge in [0.25, 0.3) is 0 Å². The van der Waals surface area contributed by atoms with Crippen molar-refractivity contribution in [2.24, 2.45) is 10.8 Å². The van der Waals surface area contributed by atoms with Crippen molar-refractivity contribution in [2.75, 3.05) is 7.11 Å². The van der Waals surface area contributed by atoms with E-state index >= 15 is 0 Å². The van der Waals surface area contributed by atoms with Gasteiger partial charge in [0, 0.05) is 10.6 Å². The molecule has 0 aliphatic rings. The predicted octanol–water partition coefficient (Wildman–Crippen LogP) is 2.11. The number of hydrogen-bond donors (Lipinski definition) is 2. The lowest BCUT2D eigenvalue weighted by Gasteiger charge is -2.07. The van der Waals surface area contributed by atoms with Crippen LogP contribution in [0, 0.1) is 0 Å². The second kappa shape index (κ2) is 5.72.